The van der Waals surface area contributed by atoms with Gasteiger partial charge in [0.2, 0.25) is 11.2 Å². The van der Waals surface area contributed by atoms with Crippen LogP contribution in [-0.2, 0) is 0 Å². The quantitative estimate of drug-likeness (QED) is 0.0684. The van der Waals surface area contributed by atoms with Crippen LogP contribution in [0.25, 0.3) is 32.8 Å². The van der Waals surface area contributed by atoms with E-state index in [1.807, 2.05) is 36.4 Å². The Kier molecular flexibility index (Phi) is 8.65. The molecule has 0 radical (unpaired) electrons. The fourth-order valence-corrected chi connectivity index (χ4v) is 6.10. The highest BCUT2D eigenvalue weighted by Crippen LogP contribution is 2.32. The topological polar surface area (TPSA) is 216 Å². The number of rotatable bonds is 6. The Bertz CT molecular complexity index is 2360. The molecule has 0 unspecified atom stereocenters. The van der Waals surface area contributed by atoms with Gasteiger partial charge in [0, 0.05) is 40.4 Å². The second-order valence-corrected chi connectivity index (χ2v) is 13.0. The van der Waals surface area contributed by atoms with Crippen molar-refractivity contribution in [3.63, 3.8) is 0 Å². The van der Waals surface area contributed by atoms with Crippen molar-refractivity contribution in [2.75, 3.05) is 33.5 Å². The van der Waals surface area contributed by atoms with Crippen LogP contribution in [0.15, 0.2) is 55.0 Å². The number of benzene rings is 2. The molecule has 2 aliphatic carbocycles. The van der Waals surface area contributed by atoms with Gasteiger partial charge in [-0.25, -0.2) is 4.39 Å². The van der Waals surface area contributed by atoms with Gasteiger partial charge in [-0.05, 0) is 86.5 Å². The number of nitrogens with one attached hydrogen (secondary N) is 7. The summed E-state index contributed by atoms with van der Waals surface area (Å²) >= 11 is 5.77. The highest BCUT2D eigenvalue weighted by molar-refractivity contribution is 6.28. The summed E-state index contributed by atoms with van der Waals surface area (Å²) in [4.78, 5) is 31.9. The molecule has 9 N–H and O–H groups in total. The molecule has 1 aliphatic heterocycles. The Morgan fingerprint density at radius 2 is 1.53 bits per heavy atom. The monoisotopic (exact) mass is 708 g/mol. The second kappa shape index (κ2) is 13.7. The average molecular weight is 709 g/mol. The summed E-state index contributed by atoms with van der Waals surface area (Å²) in [5.74, 6) is 1.83. The molecule has 17 heteroatoms. The smallest absolute Gasteiger partial charge is 0.231 e. The molecule has 15 nitrogen and oxygen atoms in total. The molecule has 0 saturated heterocycles. The molecule has 3 aliphatic rings. The third-order valence-electron chi connectivity index (χ3n) is 9.12. The number of carbonyl (C=O) groups is 1. The molecular weight excluding hydrogens is 675 g/mol. The molecule has 260 valence electrons. The lowest BCUT2D eigenvalue weighted by atomic mass is 9.93. The molecule has 5 aromatic heterocycles. The van der Waals surface area contributed by atoms with E-state index in [1.165, 1.54) is 19.0 Å². The number of halogens is 2. The van der Waals surface area contributed by atoms with Gasteiger partial charge in [0.25, 0.3) is 0 Å². The average Bonchev–Trinajstić information content (AvgIpc) is 3.89. The Balaban J connectivity index is 0.000000122. The lowest BCUT2D eigenvalue weighted by molar-refractivity contribution is 0.101. The zero-order valence-electron chi connectivity index (χ0n) is 27.2. The number of H-pyrrole nitrogens is 3. The van der Waals surface area contributed by atoms with E-state index in [9.17, 15) is 9.18 Å². The van der Waals surface area contributed by atoms with Crippen molar-refractivity contribution in [1.82, 2.24) is 45.3 Å². The maximum Gasteiger partial charge on any atom is 0.231 e. The van der Waals surface area contributed by atoms with E-state index in [4.69, 9.17) is 17.3 Å². The number of carbonyl (C=O) groups excluding carboxylic acids is 1. The lowest BCUT2D eigenvalue weighted by Gasteiger charge is -2.27. The summed E-state index contributed by atoms with van der Waals surface area (Å²) in [6, 6.07) is 12.3. The number of nitrogens with two attached hydrogens (primary N) is 1. The summed E-state index contributed by atoms with van der Waals surface area (Å²) in [7, 11) is 0. The molecule has 2 fully saturated rings. The van der Waals surface area contributed by atoms with Gasteiger partial charge in [0.15, 0.2) is 11.6 Å². The Labute approximate surface area is 294 Å². The SMILES string of the molecule is Fc1c[nH]c2nc(Cl)nc(NC3CCC3)c12.Nc1ccc2cn[nH]c2c1.O=C1CNc2nc(Nc3ccc4cn[nH]c4c3)nc(NC3CCC3)c21. The molecular formula is C34H34ClFN14O. The number of ketones is 1. The number of Topliss-reactive ketones (excluding diaryl/α,β-unsaturated/α-hetero) is 1. The lowest BCUT2D eigenvalue weighted by Crippen LogP contribution is -2.28. The zero-order valence-corrected chi connectivity index (χ0v) is 28.0. The Morgan fingerprint density at radius 1 is 0.843 bits per heavy atom. The largest absolute Gasteiger partial charge is 0.399 e. The van der Waals surface area contributed by atoms with E-state index in [0.29, 0.717) is 52.1 Å². The van der Waals surface area contributed by atoms with Gasteiger partial charge < -0.3 is 32.0 Å². The molecule has 0 bridgehead atoms. The van der Waals surface area contributed by atoms with Crippen LogP contribution in [0.2, 0.25) is 5.28 Å². The van der Waals surface area contributed by atoms with E-state index in [-0.39, 0.29) is 23.4 Å². The summed E-state index contributed by atoms with van der Waals surface area (Å²) in [6.07, 6.45) is 11.6. The van der Waals surface area contributed by atoms with Crippen molar-refractivity contribution in [3.8, 4) is 0 Å². The van der Waals surface area contributed by atoms with Crippen LogP contribution in [-0.4, -0.2) is 69.7 Å². The Hall–Kier alpha value is -6.03. The fourth-order valence-electron chi connectivity index (χ4n) is 5.93. The van der Waals surface area contributed by atoms with Crippen LogP contribution in [0.4, 0.5) is 39.2 Å². The number of aromatic nitrogens is 9. The minimum absolute atomic E-state index is 0.0299. The third kappa shape index (κ3) is 6.90. The first-order chi connectivity index (χ1) is 24.9. The number of hydrogen-bond acceptors (Lipinski definition) is 12. The number of aromatic amines is 3. The van der Waals surface area contributed by atoms with Gasteiger partial charge in [-0.1, -0.05) is 0 Å². The van der Waals surface area contributed by atoms with Crippen molar-refractivity contribution in [3.05, 3.63) is 71.7 Å². The van der Waals surface area contributed by atoms with Gasteiger partial charge in [-0.15, -0.1) is 0 Å². The van der Waals surface area contributed by atoms with Crippen LogP contribution >= 0.6 is 11.6 Å². The van der Waals surface area contributed by atoms with Crippen LogP contribution in [0.5, 0.6) is 0 Å². The highest BCUT2D eigenvalue weighted by Gasteiger charge is 2.29. The maximum absolute atomic E-state index is 13.5. The zero-order chi connectivity index (χ0) is 34.9. The van der Waals surface area contributed by atoms with E-state index in [0.717, 1.165) is 58.9 Å². The van der Waals surface area contributed by atoms with E-state index in [1.54, 1.807) is 12.4 Å². The summed E-state index contributed by atoms with van der Waals surface area (Å²) in [5.41, 5.74) is 10.1. The molecule has 2 aromatic carbocycles. The van der Waals surface area contributed by atoms with Gasteiger partial charge >= 0.3 is 0 Å². The van der Waals surface area contributed by atoms with E-state index < -0.39 is 0 Å². The first-order valence-electron chi connectivity index (χ1n) is 16.7. The number of anilines is 6. The van der Waals surface area contributed by atoms with Crippen LogP contribution < -0.4 is 27.0 Å². The third-order valence-corrected chi connectivity index (χ3v) is 9.29. The van der Waals surface area contributed by atoms with Crippen LogP contribution in [0.3, 0.4) is 0 Å². The summed E-state index contributed by atoms with van der Waals surface area (Å²) < 4.78 is 13.5. The first-order valence-corrected chi connectivity index (χ1v) is 17.0. The standard InChI is InChI=1S/C17H17N7O.C10H10ClFN4.C7H7N3/c25-13-8-18-15-14(13)16(20-10-2-1-3-10)23-17(22-15)21-11-5-4-9-7-19-24-12(9)6-11;11-10-15-8-7(6(12)4-13-8)9(16-10)14-5-2-1-3-5;8-6-2-1-5-4-9-10-7(5)3-6/h4-7,10H,1-3,8H2,(H,19,24)(H3,18,20,21,22,23);4-5H,1-3H2,(H2,13,14,15,16);1-4H,8H2,(H,9,10). The maximum atomic E-state index is 13.5. The molecule has 0 spiro atoms. The van der Waals surface area contributed by atoms with Crippen LogP contribution in [0, 0.1) is 5.82 Å². The second-order valence-electron chi connectivity index (χ2n) is 12.7. The first kappa shape index (κ1) is 32.2. The molecule has 6 heterocycles. The van der Waals surface area contributed by atoms with Crippen molar-refractivity contribution in [2.24, 2.45) is 0 Å². The molecule has 0 atom stereocenters. The van der Waals surface area contributed by atoms with Crippen molar-refractivity contribution in [1.29, 1.82) is 0 Å². The van der Waals surface area contributed by atoms with Crippen molar-refractivity contribution >= 4 is 85.0 Å². The van der Waals surface area contributed by atoms with Gasteiger partial charge in [-0.2, -0.15) is 30.1 Å². The minimum Gasteiger partial charge on any atom is -0.399 e. The number of hydrogen-bond donors (Lipinski definition) is 8. The Morgan fingerprint density at radius 3 is 2.24 bits per heavy atom. The van der Waals surface area contributed by atoms with Crippen molar-refractivity contribution in [2.45, 2.75) is 50.6 Å². The number of fused-ring (bicyclic) bond motifs is 4. The van der Waals surface area contributed by atoms with Gasteiger partial charge in [0.05, 0.1) is 35.4 Å². The molecule has 51 heavy (non-hydrogen) atoms. The molecule has 7 aromatic rings. The molecule has 0 amide bonds. The fraction of sp³-hybridized carbons (Fsp3) is 0.265. The molecule has 10 rings (SSSR count). The van der Waals surface area contributed by atoms with E-state index in [2.05, 4.69) is 66.6 Å². The van der Waals surface area contributed by atoms with Gasteiger partial charge in [-0.3, -0.25) is 15.0 Å². The van der Waals surface area contributed by atoms with Gasteiger partial charge in [0.1, 0.15) is 28.7 Å². The predicted molar refractivity (Wildman–Crippen MR) is 196 cm³/mol. The normalized spacial score (nSPS) is 15.2. The number of nitrogen functional groups attached to an aromatic ring is 1. The number of nitrogens with zero attached hydrogens (tertiary/aromatic N) is 6. The highest BCUT2D eigenvalue weighted by atomic mass is 35.5. The van der Waals surface area contributed by atoms with E-state index >= 15 is 0 Å². The van der Waals surface area contributed by atoms with Crippen LogP contribution in [0.1, 0.15) is 48.9 Å². The summed E-state index contributed by atoms with van der Waals surface area (Å²) in [5, 5.41) is 29.2. The van der Waals surface area contributed by atoms with Crippen molar-refractivity contribution < 1.29 is 9.18 Å². The summed E-state index contributed by atoms with van der Waals surface area (Å²) in [6.45, 7) is 0.271. The predicted octanol–water partition coefficient (Wildman–Crippen LogP) is 6.53. The minimum atomic E-state index is -0.353. The molecule has 2 saturated carbocycles.